The van der Waals surface area contributed by atoms with Gasteiger partial charge in [0, 0.05) is 13.2 Å². The summed E-state index contributed by atoms with van der Waals surface area (Å²) in [5.41, 5.74) is -0.307. The van der Waals surface area contributed by atoms with Gasteiger partial charge in [-0.2, -0.15) is 0 Å². The first-order valence-corrected chi connectivity index (χ1v) is 6.75. The molecule has 1 aliphatic heterocycles. The molecule has 1 rings (SSSR count). The molecule has 17 heavy (non-hydrogen) atoms. The molecular weight excluding hydrogens is 216 g/mol. The molecule has 2 N–H and O–H groups in total. The zero-order chi connectivity index (χ0) is 12.7. The van der Waals surface area contributed by atoms with E-state index in [1.807, 2.05) is 13.8 Å². The number of hydrogen-bond donors (Lipinski definition) is 2. The molecule has 1 unspecified atom stereocenters. The van der Waals surface area contributed by atoms with Gasteiger partial charge in [0.15, 0.2) is 0 Å². The molecule has 1 aliphatic rings. The molecule has 0 aromatic carbocycles. The third-order valence-corrected chi connectivity index (χ3v) is 3.34. The van der Waals surface area contributed by atoms with Crippen molar-refractivity contribution >= 4 is 5.91 Å². The molecule has 100 valence electrons. The molecular formula is C13H26N2O2. The molecule has 1 heterocycles. The van der Waals surface area contributed by atoms with Gasteiger partial charge in [0.05, 0.1) is 11.6 Å². The van der Waals surface area contributed by atoms with Gasteiger partial charge in [0.25, 0.3) is 0 Å². The van der Waals surface area contributed by atoms with E-state index >= 15 is 0 Å². The zero-order valence-corrected chi connectivity index (χ0v) is 11.3. The summed E-state index contributed by atoms with van der Waals surface area (Å²) in [5.74, 6) is 0.155. The van der Waals surface area contributed by atoms with Gasteiger partial charge in [0.1, 0.15) is 0 Å². The highest BCUT2D eigenvalue weighted by Gasteiger charge is 2.38. The van der Waals surface area contributed by atoms with E-state index in [4.69, 9.17) is 4.74 Å². The Bertz CT molecular complexity index is 236. The van der Waals surface area contributed by atoms with Crippen molar-refractivity contribution in [3.63, 3.8) is 0 Å². The Kier molecular flexibility index (Phi) is 5.92. The topological polar surface area (TPSA) is 50.4 Å². The van der Waals surface area contributed by atoms with Gasteiger partial charge in [-0.15, -0.1) is 0 Å². The summed E-state index contributed by atoms with van der Waals surface area (Å²) >= 11 is 0. The van der Waals surface area contributed by atoms with Gasteiger partial charge in [-0.25, -0.2) is 0 Å². The molecule has 4 heteroatoms. The van der Waals surface area contributed by atoms with E-state index in [1.165, 1.54) is 0 Å². The van der Waals surface area contributed by atoms with Crippen LogP contribution < -0.4 is 10.6 Å². The van der Waals surface area contributed by atoms with E-state index in [0.29, 0.717) is 13.2 Å². The quantitative estimate of drug-likeness (QED) is 0.664. The van der Waals surface area contributed by atoms with E-state index in [1.54, 1.807) is 0 Å². The lowest BCUT2D eigenvalue weighted by Gasteiger charge is -2.26. The molecule has 1 fully saturated rings. The summed E-state index contributed by atoms with van der Waals surface area (Å²) in [7, 11) is 0. The normalized spacial score (nSPS) is 24.2. The van der Waals surface area contributed by atoms with Crippen LogP contribution in [-0.4, -0.2) is 37.2 Å². The van der Waals surface area contributed by atoms with E-state index in [0.717, 1.165) is 32.2 Å². The Morgan fingerprint density at radius 3 is 2.82 bits per heavy atom. The van der Waals surface area contributed by atoms with Crippen LogP contribution in [0.25, 0.3) is 0 Å². The minimum atomic E-state index is -0.307. The van der Waals surface area contributed by atoms with Crippen LogP contribution in [0.1, 0.15) is 46.5 Å². The van der Waals surface area contributed by atoms with Crippen molar-refractivity contribution in [2.45, 2.75) is 58.1 Å². The van der Waals surface area contributed by atoms with Gasteiger partial charge in [-0.05, 0) is 46.1 Å². The molecule has 1 saturated heterocycles. The second-order valence-corrected chi connectivity index (χ2v) is 4.99. The van der Waals surface area contributed by atoms with Crippen molar-refractivity contribution in [2.24, 2.45) is 0 Å². The molecule has 0 spiro atoms. The maximum atomic E-state index is 12.1. The molecule has 1 amide bonds. The Balaban J connectivity index is 2.20. The fourth-order valence-corrected chi connectivity index (χ4v) is 2.22. The van der Waals surface area contributed by atoms with E-state index in [9.17, 15) is 4.79 Å². The average Bonchev–Trinajstić information content (AvgIpc) is 2.77. The van der Waals surface area contributed by atoms with Crippen LogP contribution in [0, 0.1) is 0 Å². The predicted octanol–water partition coefficient (Wildman–Crippen LogP) is 1.45. The first-order chi connectivity index (χ1) is 8.10. The molecule has 0 aromatic heterocycles. The summed E-state index contributed by atoms with van der Waals surface area (Å²) in [6.45, 7) is 8.48. The highest BCUT2D eigenvalue weighted by atomic mass is 16.5. The minimum absolute atomic E-state index is 0.155. The number of rotatable bonds is 7. The highest BCUT2D eigenvalue weighted by molar-refractivity contribution is 5.86. The fourth-order valence-electron chi connectivity index (χ4n) is 2.22. The standard InChI is InChI=1S/C13H26N2O2/c1-4-13(7-5-9-15-13)12(16)14-8-6-10-17-11(2)3/h11,15H,4-10H2,1-3H3,(H,14,16). The van der Waals surface area contributed by atoms with E-state index < -0.39 is 0 Å². The summed E-state index contributed by atoms with van der Waals surface area (Å²) in [6, 6.07) is 0. The van der Waals surface area contributed by atoms with Gasteiger partial charge < -0.3 is 15.4 Å². The van der Waals surface area contributed by atoms with Gasteiger partial charge in [-0.3, -0.25) is 4.79 Å². The maximum absolute atomic E-state index is 12.1. The number of ether oxygens (including phenoxy) is 1. The second kappa shape index (κ2) is 6.97. The van der Waals surface area contributed by atoms with Crippen molar-refractivity contribution < 1.29 is 9.53 Å². The van der Waals surface area contributed by atoms with Crippen LogP contribution in [0.5, 0.6) is 0 Å². The summed E-state index contributed by atoms with van der Waals surface area (Å²) < 4.78 is 5.43. The zero-order valence-electron chi connectivity index (χ0n) is 11.3. The lowest BCUT2D eigenvalue weighted by molar-refractivity contribution is -0.127. The Morgan fingerprint density at radius 2 is 2.29 bits per heavy atom. The number of carbonyl (C=O) groups excluding carboxylic acids is 1. The summed E-state index contributed by atoms with van der Waals surface area (Å²) in [6.07, 6.45) is 4.06. The molecule has 4 nitrogen and oxygen atoms in total. The molecule has 0 radical (unpaired) electrons. The number of amides is 1. The number of carbonyl (C=O) groups is 1. The lowest BCUT2D eigenvalue weighted by Crippen LogP contribution is -2.53. The fraction of sp³-hybridized carbons (Fsp3) is 0.923. The van der Waals surface area contributed by atoms with Crippen LogP contribution in [0.15, 0.2) is 0 Å². The van der Waals surface area contributed by atoms with Gasteiger partial charge in [0.2, 0.25) is 5.91 Å². The predicted molar refractivity (Wildman–Crippen MR) is 69.0 cm³/mol. The van der Waals surface area contributed by atoms with E-state index in [2.05, 4.69) is 17.6 Å². The van der Waals surface area contributed by atoms with Crippen molar-refractivity contribution in [2.75, 3.05) is 19.7 Å². The highest BCUT2D eigenvalue weighted by Crippen LogP contribution is 2.22. The van der Waals surface area contributed by atoms with E-state index in [-0.39, 0.29) is 17.6 Å². The van der Waals surface area contributed by atoms with Crippen LogP contribution in [-0.2, 0) is 9.53 Å². The monoisotopic (exact) mass is 242 g/mol. The first kappa shape index (κ1) is 14.5. The smallest absolute Gasteiger partial charge is 0.240 e. The SMILES string of the molecule is CCC1(C(=O)NCCCOC(C)C)CCCN1. The van der Waals surface area contributed by atoms with Crippen molar-refractivity contribution in [1.82, 2.24) is 10.6 Å². The third-order valence-electron chi connectivity index (χ3n) is 3.34. The molecule has 0 aliphatic carbocycles. The number of hydrogen-bond acceptors (Lipinski definition) is 3. The van der Waals surface area contributed by atoms with Gasteiger partial charge >= 0.3 is 0 Å². The maximum Gasteiger partial charge on any atom is 0.240 e. The molecule has 0 bridgehead atoms. The van der Waals surface area contributed by atoms with Crippen molar-refractivity contribution in [3.8, 4) is 0 Å². The Hall–Kier alpha value is -0.610. The van der Waals surface area contributed by atoms with Crippen molar-refractivity contribution in [3.05, 3.63) is 0 Å². The van der Waals surface area contributed by atoms with Crippen LogP contribution in [0.4, 0.5) is 0 Å². The van der Waals surface area contributed by atoms with Crippen molar-refractivity contribution in [1.29, 1.82) is 0 Å². The summed E-state index contributed by atoms with van der Waals surface area (Å²) in [5, 5.41) is 6.34. The molecule has 0 saturated carbocycles. The van der Waals surface area contributed by atoms with Crippen LogP contribution >= 0.6 is 0 Å². The number of nitrogens with one attached hydrogen (secondary N) is 2. The first-order valence-electron chi connectivity index (χ1n) is 6.75. The van der Waals surface area contributed by atoms with Gasteiger partial charge in [-0.1, -0.05) is 6.92 Å². The third kappa shape index (κ3) is 4.28. The van der Waals surface area contributed by atoms with Crippen LogP contribution in [0.2, 0.25) is 0 Å². The van der Waals surface area contributed by atoms with Crippen LogP contribution in [0.3, 0.4) is 0 Å². The largest absolute Gasteiger partial charge is 0.379 e. The molecule has 0 aromatic rings. The Labute approximate surface area is 104 Å². The lowest BCUT2D eigenvalue weighted by atomic mass is 9.93. The molecule has 1 atom stereocenters. The average molecular weight is 242 g/mol. The Morgan fingerprint density at radius 1 is 1.53 bits per heavy atom. The minimum Gasteiger partial charge on any atom is -0.379 e. The second-order valence-electron chi connectivity index (χ2n) is 4.99. The summed E-state index contributed by atoms with van der Waals surface area (Å²) in [4.78, 5) is 12.1.